The van der Waals surface area contributed by atoms with Gasteiger partial charge in [-0.2, -0.15) is 0 Å². The Bertz CT molecular complexity index is 1230. The van der Waals surface area contributed by atoms with E-state index in [-0.39, 0.29) is 35.8 Å². The van der Waals surface area contributed by atoms with E-state index in [9.17, 15) is 22.8 Å². The average molecular weight is 482 g/mol. The maximum absolute atomic E-state index is 13.0. The first kappa shape index (κ1) is 24.3. The van der Waals surface area contributed by atoms with Crippen LogP contribution < -0.4 is 0 Å². The molecule has 0 N–H and O–H groups in total. The Morgan fingerprint density at radius 1 is 0.882 bits per heavy atom. The van der Waals surface area contributed by atoms with Crippen molar-refractivity contribution >= 4 is 27.4 Å². The molecular formula is C27H31NO5S. The summed E-state index contributed by atoms with van der Waals surface area (Å²) in [7, 11) is -3.31. The van der Waals surface area contributed by atoms with Gasteiger partial charge >= 0.3 is 0 Å². The molecule has 6 nitrogen and oxygen atoms in total. The molecule has 4 rings (SSSR count). The molecule has 0 saturated heterocycles. The first-order valence-corrected chi connectivity index (χ1v) is 13.5. The Labute approximate surface area is 201 Å². The van der Waals surface area contributed by atoms with Crippen LogP contribution in [0.25, 0.3) is 0 Å². The summed E-state index contributed by atoms with van der Waals surface area (Å²) in [6.07, 6.45) is 4.99. The smallest absolute Gasteiger partial charge is 0.261 e. The molecular weight excluding hydrogens is 450 g/mol. The molecule has 2 amide bonds. The van der Waals surface area contributed by atoms with Crippen LogP contribution >= 0.6 is 0 Å². The van der Waals surface area contributed by atoms with Gasteiger partial charge in [0.15, 0.2) is 15.6 Å². The van der Waals surface area contributed by atoms with E-state index in [4.69, 9.17) is 0 Å². The Morgan fingerprint density at radius 2 is 1.47 bits per heavy atom. The summed E-state index contributed by atoms with van der Waals surface area (Å²) in [5, 5.41) is 0. The van der Waals surface area contributed by atoms with Gasteiger partial charge in [0.2, 0.25) is 0 Å². The number of sulfone groups is 1. The van der Waals surface area contributed by atoms with Crippen molar-refractivity contribution in [2.45, 2.75) is 75.8 Å². The molecule has 2 aliphatic rings. The first-order valence-electron chi connectivity index (χ1n) is 11.8. The minimum absolute atomic E-state index is 0.0353. The molecule has 1 fully saturated rings. The summed E-state index contributed by atoms with van der Waals surface area (Å²) in [6, 6.07) is 11.6. The van der Waals surface area contributed by atoms with Gasteiger partial charge in [0, 0.05) is 18.0 Å². The second kappa shape index (κ2) is 9.10. The van der Waals surface area contributed by atoms with E-state index in [1.807, 2.05) is 0 Å². The van der Waals surface area contributed by atoms with E-state index < -0.39 is 14.6 Å². The third-order valence-corrected chi connectivity index (χ3v) is 9.43. The number of amides is 2. The summed E-state index contributed by atoms with van der Waals surface area (Å²) in [5.74, 6) is -0.703. The number of ketones is 1. The van der Waals surface area contributed by atoms with E-state index in [0.717, 1.165) is 32.1 Å². The van der Waals surface area contributed by atoms with E-state index in [1.165, 1.54) is 4.90 Å². The lowest BCUT2D eigenvalue weighted by Crippen LogP contribution is -2.40. The highest BCUT2D eigenvalue weighted by molar-refractivity contribution is 7.91. The zero-order valence-corrected chi connectivity index (χ0v) is 20.8. The molecule has 0 aromatic heterocycles. The van der Waals surface area contributed by atoms with Crippen LogP contribution in [0, 0.1) is 0 Å². The van der Waals surface area contributed by atoms with Crippen LogP contribution in [-0.4, -0.2) is 41.7 Å². The fraction of sp³-hybridized carbons (Fsp3) is 0.444. The molecule has 2 aromatic rings. The lowest BCUT2D eigenvalue weighted by molar-refractivity contribution is 0.0548. The van der Waals surface area contributed by atoms with Gasteiger partial charge < -0.3 is 0 Å². The molecule has 1 heterocycles. The minimum Gasteiger partial charge on any atom is -0.294 e. The summed E-state index contributed by atoms with van der Waals surface area (Å²) in [6.45, 7) is 5.01. The molecule has 0 bridgehead atoms. The highest BCUT2D eigenvalue weighted by Crippen LogP contribution is 2.31. The lowest BCUT2D eigenvalue weighted by atomic mass is 9.94. The summed E-state index contributed by atoms with van der Waals surface area (Å²) in [5.41, 5.74) is 2.58. The molecule has 0 radical (unpaired) electrons. The van der Waals surface area contributed by atoms with Gasteiger partial charge in [-0.15, -0.1) is 0 Å². The molecule has 1 saturated carbocycles. The molecule has 180 valence electrons. The van der Waals surface area contributed by atoms with Crippen LogP contribution in [-0.2, 0) is 22.0 Å². The zero-order valence-electron chi connectivity index (χ0n) is 20.0. The van der Waals surface area contributed by atoms with Crippen molar-refractivity contribution in [1.82, 2.24) is 4.90 Å². The topological polar surface area (TPSA) is 88.6 Å². The summed E-state index contributed by atoms with van der Waals surface area (Å²) < 4.78 is 24.0. The Morgan fingerprint density at radius 3 is 2.09 bits per heavy atom. The van der Waals surface area contributed by atoms with Gasteiger partial charge in [-0.1, -0.05) is 49.6 Å². The minimum atomic E-state index is -3.31. The fourth-order valence-corrected chi connectivity index (χ4v) is 5.66. The number of benzene rings is 2. The van der Waals surface area contributed by atoms with Crippen molar-refractivity contribution in [1.29, 1.82) is 0 Å². The molecule has 1 aliphatic heterocycles. The number of rotatable bonds is 6. The van der Waals surface area contributed by atoms with Crippen molar-refractivity contribution in [2.75, 3.05) is 0 Å². The van der Waals surface area contributed by atoms with Crippen molar-refractivity contribution < 1.29 is 22.8 Å². The Balaban J connectivity index is 1.46. The van der Waals surface area contributed by atoms with Crippen LogP contribution in [0.15, 0.2) is 42.5 Å². The van der Waals surface area contributed by atoms with E-state index in [0.29, 0.717) is 27.8 Å². The standard InChI is InChI=1S/C27H31NO5S/c1-27(2,3)34(32,33)17-18-9-12-20(13-10-18)24(29)16-19-11-14-22-23(15-19)26(31)28(25(22)30)21-7-5-4-6-8-21/h9-15,21H,4-8,16-17H2,1-3H3. The number of fused-ring (bicyclic) bond motifs is 1. The number of nitrogens with zero attached hydrogens (tertiary/aromatic N) is 1. The fourth-order valence-electron chi connectivity index (χ4n) is 4.60. The summed E-state index contributed by atoms with van der Waals surface area (Å²) >= 11 is 0. The monoisotopic (exact) mass is 481 g/mol. The van der Waals surface area contributed by atoms with E-state index in [2.05, 4.69) is 0 Å². The average Bonchev–Trinajstić information content (AvgIpc) is 3.03. The number of hydrogen-bond acceptors (Lipinski definition) is 5. The number of imide groups is 1. The van der Waals surface area contributed by atoms with E-state index in [1.54, 1.807) is 63.2 Å². The molecule has 2 aromatic carbocycles. The number of Topliss-reactive ketones (excluding diaryl/α,β-unsaturated/α-hetero) is 1. The first-order chi connectivity index (χ1) is 16.0. The van der Waals surface area contributed by atoms with Gasteiger partial charge in [0.05, 0.1) is 21.6 Å². The van der Waals surface area contributed by atoms with Crippen molar-refractivity contribution in [3.05, 3.63) is 70.3 Å². The second-order valence-corrected chi connectivity index (χ2v) is 13.1. The maximum Gasteiger partial charge on any atom is 0.261 e. The van der Waals surface area contributed by atoms with Gasteiger partial charge in [0.1, 0.15) is 0 Å². The van der Waals surface area contributed by atoms with Crippen LogP contribution in [0.4, 0.5) is 0 Å². The van der Waals surface area contributed by atoms with Crippen LogP contribution in [0.1, 0.15) is 95.1 Å². The highest BCUT2D eigenvalue weighted by Gasteiger charge is 2.40. The largest absolute Gasteiger partial charge is 0.294 e. The Kier molecular flexibility index (Phi) is 6.51. The predicted octanol–water partition coefficient (Wildman–Crippen LogP) is 4.75. The predicted molar refractivity (Wildman–Crippen MR) is 131 cm³/mol. The van der Waals surface area contributed by atoms with Crippen LogP contribution in [0.2, 0.25) is 0 Å². The lowest BCUT2D eigenvalue weighted by Gasteiger charge is -2.29. The van der Waals surface area contributed by atoms with Crippen LogP contribution in [0.3, 0.4) is 0 Å². The quantitative estimate of drug-likeness (QED) is 0.439. The van der Waals surface area contributed by atoms with Crippen molar-refractivity contribution in [3.63, 3.8) is 0 Å². The van der Waals surface area contributed by atoms with Crippen molar-refractivity contribution in [2.24, 2.45) is 0 Å². The van der Waals surface area contributed by atoms with Gasteiger partial charge in [-0.25, -0.2) is 8.42 Å². The van der Waals surface area contributed by atoms with Gasteiger partial charge in [-0.05, 0) is 56.9 Å². The van der Waals surface area contributed by atoms with Gasteiger partial charge in [-0.3, -0.25) is 19.3 Å². The molecule has 0 atom stereocenters. The normalized spacial score (nSPS) is 17.2. The molecule has 0 spiro atoms. The zero-order chi connectivity index (χ0) is 24.7. The Hall–Kier alpha value is -2.80. The van der Waals surface area contributed by atoms with Gasteiger partial charge in [0.25, 0.3) is 11.8 Å². The third-order valence-electron chi connectivity index (χ3n) is 6.85. The SMILES string of the molecule is CC(C)(C)S(=O)(=O)Cc1ccc(C(=O)Cc2ccc3c(c2)C(=O)N(C2CCCCC2)C3=O)cc1. The second-order valence-electron chi connectivity index (χ2n) is 10.3. The molecule has 1 aliphatic carbocycles. The highest BCUT2D eigenvalue weighted by atomic mass is 32.2. The molecule has 7 heteroatoms. The number of carbonyl (C=O) groups is 3. The number of carbonyl (C=O) groups excluding carboxylic acids is 3. The van der Waals surface area contributed by atoms with Crippen molar-refractivity contribution in [3.8, 4) is 0 Å². The summed E-state index contributed by atoms with van der Waals surface area (Å²) in [4.78, 5) is 40.1. The van der Waals surface area contributed by atoms with E-state index >= 15 is 0 Å². The molecule has 34 heavy (non-hydrogen) atoms. The maximum atomic E-state index is 13.0. The molecule has 0 unspecified atom stereocenters. The van der Waals surface area contributed by atoms with Crippen LogP contribution in [0.5, 0.6) is 0 Å². The number of hydrogen-bond donors (Lipinski definition) is 0. The third kappa shape index (κ3) is 4.71.